The Bertz CT molecular complexity index is 1850. The molecular weight excluding hydrogens is 520 g/mol. The Kier molecular flexibility index (Phi) is 5.76. The van der Waals surface area contributed by atoms with Crippen molar-refractivity contribution in [1.29, 1.82) is 0 Å². The van der Waals surface area contributed by atoms with E-state index in [9.17, 15) is 46.3 Å². The van der Waals surface area contributed by atoms with Crippen LogP contribution in [0.15, 0.2) is 68.6 Å². The van der Waals surface area contributed by atoms with E-state index >= 15 is 0 Å². The van der Waals surface area contributed by atoms with E-state index in [0.717, 1.165) is 24.3 Å². The number of aromatic hydroxyl groups is 2. The van der Waals surface area contributed by atoms with E-state index in [0.29, 0.717) is 0 Å². The standard InChI is InChI=1S/C20H14N4O10S2/c21-10-2-4-13-14(8-10)18(26)17(20(36(32,33)34)19(13)35(29,30)31)23-22-16-12-5-3-11(24(27)28)7-9(12)1-6-15(16)25/h1-8,25-26H,21H2,(H,29,30,31)(H,32,33,34). The number of nitrogens with zero attached hydrogens (tertiary/aromatic N) is 3. The monoisotopic (exact) mass is 534 g/mol. The Labute approximate surface area is 201 Å². The predicted molar refractivity (Wildman–Crippen MR) is 126 cm³/mol. The van der Waals surface area contributed by atoms with Gasteiger partial charge >= 0.3 is 0 Å². The van der Waals surface area contributed by atoms with Gasteiger partial charge in [0.1, 0.15) is 21.2 Å². The maximum absolute atomic E-state index is 12.2. The first-order valence-electron chi connectivity index (χ1n) is 9.55. The van der Waals surface area contributed by atoms with Crippen LogP contribution in [-0.4, -0.2) is 41.1 Å². The summed E-state index contributed by atoms with van der Waals surface area (Å²) in [5.74, 6) is -1.47. The molecule has 4 rings (SSSR count). The zero-order valence-corrected chi connectivity index (χ0v) is 19.2. The number of non-ortho nitro benzene ring substituents is 1. The van der Waals surface area contributed by atoms with Gasteiger partial charge in [-0.3, -0.25) is 19.2 Å². The summed E-state index contributed by atoms with van der Waals surface area (Å²) >= 11 is 0. The Morgan fingerprint density at radius 2 is 1.39 bits per heavy atom. The van der Waals surface area contributed by atoms with Crippen molar-refractivity contribution >= 4 is 64.5 Å². The van der Waals surface area contributed by atoms with Gasteiger partial charge in [0.2, 0.25) is 0 Å². The topological polar surface area (TPSA) is 243 Å². The number of rotatable bonds is 5. The molecule has 0 amide bonds. The summed E-state index contributed by atoms with van der Waals surface area (Å²) in [5.41, 5.74) is 4.02. The molecule has 0 bridgehead atoms. The molecule has 14 nitrogen and oxygen atoms in total. The lowest BCUT2D eigenvalue weighted by molar-refractivity contribution is -0.384. The van der Waals surface area contributed by atoms with Gasteiger partial charge in [-0.05, 0) is 29.7 Å². The molecule has 6 N–H and O–H groups in total. The molecule has 0 unspecified atom stereocenters. The number of phenols is 2. The summed E-state index contributed by atoms with van der Waals surface area (Å²) in [6, 6.07) is 9.21. The number of hydrogen-bond donors (Lipinski definition) is 5. The molecule has 186 valence electrons. The largest absolute Gasteiger partial charge is 0.506 e. The van der Waals surface area contributed by atoms with Gasteiger partial charge in [0.15, 0.2) is 11.4 Å². The van der Waals surface area contributed by atoms with Crippen LogP contribution in [0.1, 0.15) is 0 Å². The van der Waals surface area contributed by atoms with Crippen LogP contribution >= 0.6 is 0 Å². The minimum absolute atomic E-state index is 0.0230. The second-order valence-corrected chi connectivity index (χ2v) is 10.1. The highest BCUT2D eigenvalue weighted by Gasteiger charge is 2.33. The van der Waals surface area contributed by atoms with Crippen LogP contribution in [0.5, 0.6) is 11.5 Å². The molecule has 0 aliphatic carbocycles. The lowest BCUT2D eigenvalue weighted by Gasteiger charge is -2.14. The molecule has 4 aromatic carbocycles. The summed E-state index contributed by atoms with van der Waals surface area (Å²) in [6.45, 7) is 0. The highest BCUT2D eigenvalue weighted by atomic mass is 32.2. The maximum Gasteiger partial charge on any atom is 0.298 e. The minimum atomic E-state index is -5.47. The molecular formula is C20H14N4O10S2. The second kappa shape index (κ2) is 8.38. The third-order valence-electron chi connectivity index (χ3n) is 5.12. The number of nitro benzene ring substituents is 1. The van der Waals surface area contributed by atoms with Crippen molar-refractivity contribution in [3.8, 4) is 11.5 Å². The van der Waals surface area contributed by atoms with E-state index in [1.807, 2.05) is 0 Å². The summed E-state index contributed by atoms with van der Waals surface area (Å²) in [6.07, 6.45) is 0. The number of fused-ring (bicyclic) bond motifs is 2. The smallest absolute Gasteiger partial charge is 0.298 e. The summed E-state index contributed by atoms with van der Waals surface area (Å²) < 4.78 is 68.3. The van der Waals surface area contributed by atoms with Crippen LogP contribution in [0, 0.1) is 10.1 Å². The van der Waals surface area contributed by atoms with E-state index in [1.54, 1.807) is 0 Å². The van der Waals surface area contributed by atoms with Crippen LogP contribution in [0.3, 0.4) is 0 Å². The average Bonchev–Trinajstić information content (AvgIpc) is 2.77. The molecule has 0 saturated heterocycles. The SMILES string of the molecule is Nc1ccc2c(S(=O)(=O)O)c(S(=O)(=O)O)c(N=Nc3c(O)ccc4cc([N+](=O)[O-])ccc34)c(O)c2c1. The minimum Gasteiger partial charge on any atom is -0.506 e. The van der Waals surface area contributed by atoms with Gasteiger partial charge < -0.3 is 15.9 Å². The quantitative estimate of drug-likeness (QED) is 0.0810. The van der Waals surface area contributed by atoms with Gasteiger partial charge in [0, 0.05) is 34.0 Å². The first-order valence-corrected chi connectivity index (χ1v) is 12.4. The number of phenolic OH excluding ortho intramolecular Hbond substituents is 2. The highest BCUT2D eigenvalue weighted by Crippen LogP contribution is 2.47. The van der Waals surface area contributed by atoms with E-state index < -0.39 is 57.5 Å². The van der Waals surface area contributed by atoms with Gasteiger partial charge in [-0.25, -0.2) is 0 Å². The number of nitrogen functional groups attached to an aromatic ring is 1. The predicted octanol–water partition coefficient (Wildman–Crippen LogP) is 3.80. The average molecular weight is 534 g/mol. The van der Waals surface area contributed by atoms with Crippen LogP contribution in [0.2, 0.25) is 0 Å². The van der Waals surface area contributed by atoms with Crippen molar-refractivity contribution in [2.75, 3.05) is 5.73 Å². The van der Waals surface area contributed by atoms with E-state index in [2.05, 4.69) is 10.2 Å². The van der Waals surface area contributed by atoms with Gasteiger partial charge in [0.05, 0.1) is 4.92 Å². The molecule has 0 radical (unpaired) electrons. The van der Waals surface area contributed by atoms with Crippen molar-refractivity contribution in [2.45, 2.75) is 9.79 Å². The van der Waals surface area contributed by atoms with E-state index in [1.165, 1.54) is 24.3 Å². The lowest BCUT2D eigenvalue weighted by atomic mass is 10.1. The Morgan fingerprint density at radius 1 is 0.778 bits per heavy atom. The summed E-state index contributed by atoms with van der Waals surface area (Å²) in [7, 11) is -10.8. The second-order valence-electron chi connectivity index (χ2n) is 7.41. The molecule has 4 aromatic rings. The number of anilines is 1. The van der Waals surface area contributed by atoms with Crippen LogP contribution in [-0.2, 0) is 20.2 Å². The molecule has 0 aromatic heterocycles. The Hall–Kier alpha value is -4.38. The highest BCUT2D eigenvalue weighted by molar-refractivity contribution is 7.89. The molecule has 0 aliphatic heterocycles. The molecule has 0 atom stereocenters. The third kappa shape index (κ3) is 4.24. The number of nitrogens with two attached hydrogens (primary N) is 1. The van der Waals surface area contributed by atoms with E-state index in [4.69, 9.17) is 5.73 Å². The molecule has 0 spiro atoms. The fraction of sp³-hybridized carbons (Fsp3) is 0. The normalized spacial score (nSPS) is 12.5. The molecule has 16 heteroatoms. The first-order chi connectivity index (χ1) is 16.7. The number of benzene rings is 4. The zero-order valence-electron chi connectivity index (χ0n) is 17.6. The van der Waals surface area contributed by atoms with Crippen LogP contribution in [0.25, 0.3) is 21.5 Å². The molecule has 0 saturated carbocycles. The van der Waals surface area contributed by atoms with Gasteiger partial charge in [-0.2, -0.15) is 16.8 Å². The summed E-state index contributed by atoms with van der Waals surface area (Å²) in [4.78, 5) is 7.64. The molecule has 36 heavy (non-hydrogen) atoms. The van der Waals surface area contributed by atoms with Crippen molar-refractivity contribution in [3.05, 3.63) is 58.6 Å². The van der Waals surface area contributed by atoms with Crippen molar-refractivity contribution < 1.29 is 41.1 Å². The van der Waals surface area contributed by atoms with Crippen LogP contribution in [0.4, 0.5) is 22.7 Å². The number of nitro groups is 1. The fourth-order valence-corrected chi connectivity index (χ4v) is 5.76. The molecule has 0 aliphatic rings. The third-order valence-corrected chi connectivity index (χ3v) is 7.10. The maximum atomic E-state index is 12.2. The fourth-order valence-electron chi connectivity index (χ4n) is 3.62. The van der Waals surface area contributed by atoms with Crippen LogP contribution < -0.4 is 5.73 Å². The number of hydrogen-bond acceptors (Lipinski definition) is 11. The van der Waals surface area contributed by atoms with Crippen molar-refractivity contribution in [2.24, 2.45) is 10.2 Å². The molecule has 0 fully saturated rings. The Balaban J connectivity index is 2.10. The number of azo groups is 1. The van der Waals surface area contributed by atoms with Gasteiger partial charge in [-0.15, -0.1) is 10.2 Å². The Morgan fingerprint density at radius 3 is 2.00 bits per heavy atom. The van der Waals surface area contributed by atoms with Crippen molar-refractivity contribution in [3.63, 3.8) is 0 Å². The lowest BCUT2D eigenvalue weighted by Crippen LogP contribution is -2.10. The van der Waals surface area contributed by atoms with Crippen molar-refractivity contribution in [1.82, 2.24) is 0 Å². The van der Waals surface area contributed by atoms with Gasteiger partial charge in [0.25, 0.3) is 25.9 Å². The zero-order chi connectivity index (χ0) is 26.6. The summed E-state index contributed by atoms with van der Waals surface area (Å²) in [5, 5.41) is 38.9. The van der Waals surface area contributed by atoms with Gasteiger partial charge in [-0.1, -0.05) is 12.1 Å². The molecule has 0 heterocycles. The first kappa shape index (κ1) is 24.7. The van der Waals surface area contributed by atoms with E-state index in [-0.39, 0.29) is 33.2 Å².